The van der Waals surface area contributed by atoms with E-state index in [2.05, 4.69) is 17.5 Å². The van der Waals surface area contributed by atoms with Crippen molar-refractivity contribution in [2.75, 3.05) is 0 Å². The molecule has 72 valence electrons. The molecule has 14 heavy (non-hydrogen) atoms. The normalized spacial score (nSPS) is 50.0. The van der Waals surface area contributed by atoms with Gasteiger partial charge >= 0.3 is 0 Å². The highest BCUT2D eigenvalue weighted by Crippen LogP contribution is 2.72. The molecule has 2 amide bonds. The largest absolute Gasteiger partial charge is 0.296 e. The molecular formula is C11H11NO2. The molecule has 3 fully saturated rings. The van der Waals surface area contributed by atoms with Crippen molar-refractivity contribution in [3.8, 4) is 0 Å². The van der Waals surface area contributed by atoms with E-state index in [1.807, 2.05) is 0 Å². The number of fused-ring (bicyclic) bond motifs is 3. The standard InChI is InChI=1S/C11H11NO2/c13-9-7-5-1-2-6(11(5)3-4-11)8(7)10(14)12-9/h1-2,5-8H,3-4H2,(H,12,13,14)/t5-,6-,7-,8+/m1/s1. The zero-order valence-electron chi connectivity index (χ0n) is 7.69. The summed E-state index contributed by atoms with van der Waals surface area (Å²) in [7, 11) is 0. The fourth-order valence-electron chi connectivity index (χ4n) is 4.00. The molecule has 1 saturated heterocycles. The molecule has 1 heterocycles. The van der Waals surface area contributed by atoms with Crippen LogP contribution in [0.3, 0.4) is 0 Å². The second-order valence-electron chi connectivity index (χ2n) is 5.07. The maximum atomic E-state index is 11.6. The van der Waals surface area contributed by atoms with Gasteiger partial charge in [0.2, 0.25) is 11.8 Å². The molecule has 4 rings (SSSR count). The second kappa shape index (κ2) is 1.81. The van der Waals surface area contributed by atoms with Crippen LogP contribution in [0.1, 0.15) is 12.8 Å². The first-order valence-electron chi connectivity index (χ1n) is 5.27. The number of rotatable bonds is 0. The Bertz CT molecular complexity index is 362. The third kappa shape index (κ3) is 0.527. The molecule has 2 saturated carbocycles. The van der Waals surface area contributed by atoms with Crippen LogP contribution in [0.2, 0.25) is 0 Å². The summed E-state index contributed by atoms with van der Waals surface area (Å²) in [6, 6.07) is 0. The molecule has 0 unspecified atom stereocenters. The van der Waals surface area contributed by atoms with E-state index in [0.717, 1.165) is 0 Å². The summed E-state index contributed by atoms with van der Waals surface area (Å²) in [5, 5.41) is 2.47. The Morgan fingerprint density at radius 3 is 2.00 bits per heavy atom. The van der Waals surface area contributed by atoms with Crippen molar-refractivity contribution >= 4 is 11.8 Å². The third-order valence-electron chi connectivity index (χ3n) is 4.69. The lowest BCUT2D eigenvalue weighted by Gasteiger charge is -2.15. The zero-order chi connectivity index (χ0) is 9.50. The quantitative estimate of drug-likeness (QED) is 0.445. The molecule has 3 heteroatoms. The number of imide groups is 1. The molecule has 4 atom stereocenters. The molecule has 0 aromatic heterocycles. The monoisotopic (exact) mass is 189 g/mol. The molecule has 1 spiro atoms. The van der Waals surface area contributed by atoms with Crippen molar-refractivity contribution < 1.29 is 9.59 Å². The van der Waals surface area contributed by atoms with Crippen LogP contribution < -0.4 is 5.32 Å². The van der Waals surface area contributed by atoms with E-state index in [-0.39, 0.29) is 23.7 Å². The van der Waals surface area contributed by atoms with Crippen molar-refractivity contribution in [1.82, 2.24) is 5.32 Å². The first kappa shape index (κ1) is 7.21. The van der Waals surface area contributed by atoms with Gasteiger partial charge in [0, 0.05) is 0 Å². The van der Waals surface area contributed by atoms with E-state index in [1.54, 1.807) is 0 Å². The lowest BCUT2D eigenvalue weighted by Crippen LogP contribution is -2.28. The number of allylic oxidation sites excluding steroid dienone is 2. The van der Waals surface area contributed by atoms with Crippen LogP contribution in [-0.2, 0) is 9.59 Å². The van der Waals surface area contributed by atoms with Crippen molar-refractivity contribution in [2.24, 2.45) is 29.1 Å². The third-order valence-corrected chi connectivity index (χ3v) is 4.69. The Morgan fingerprint density at radius 1 is 1.07 bits per heavy atom. The number of nitrogens with one attached hydrogen (secondary N) is 1. The second-order valence-corrected chi connectivity index (χ2v) is 5.07. The SMILES string of the molecule is O=C1NC(=O)[C@H]2[C@@H]1[C@H]1C=C[C@H]2C12CC2. The van der Waals surface area contributed by atoms with E-state index >= 15 is 0 Å². The fourth-order valence-corrected chi connectivity index (χ4v) is 4.00. The lowest BCUT2D eigenvalue weighted by atomic mass is 9.85. The average molecular weight is 189 g/mol. The summed E-state index contributed by atoms with van der Waals surface area (Å²) in [6.45, 7) is 0. The van der Waals surface area contributed by atoms with Crippen molar-refractivity contribution in [2.45, 2.75) is 12.8 Å². The summed E-state index contributed by atoms with van der Waals surface area (Å²) in [6.07, 6.45) is 6.78. The van der Waals surface area contributed by atoms with E-state index in [0.29, 0.717) is 17.3 Å². The summed E-state index contributed by atoms with van der Waals surface area (Å²) < 4.78 is 0. The lowest BCUT2D eigenvalue weighted by molar-refractivity contribution is -0.127. The van der Waals surface area contributed by atoms with Gasteiger partial charge in [0.05, 0.1) is 11.8 Å². The molecule has 0 aromatic rings. The number of hydrogen-bond donors (Lipinski definition) is 1. The topological polar surface area (TPSA) is 46.2 Å². The first-order valence-corrected chi connectivity index (χ1v) is 5.27. The van der Waals surface area contributed by atoms with Crippen LogP contribution in [-0.4, -0.2) is 11.8 Å². The number of hydrogen-bond acceptors (Lipinski definition) is 2. The number of carbonyl (C=O) groups excluding carboxylic acids is 2. The van der Waals surface area contributed by atoms with Crippen LogP contribution in [0.5, 0.6) is 0 Å². The maximum absolute atomic E-state index is 11.6. The van der Waals surface area contributed by atoms with E-state index in [9.17, 15) is 9.59 Å². The molecule has 4 aliphatic rings. The highest BCUT2D eigenvalue weighted by Gasteiger charge is 2.71. The predicted octanol–water partition coefficient (Wildman–Crippen LogP) is 0.471. The van der Waals surface area contributed by atoms with Gasteiger partial charge < -0.3 is 0 Å². The minimum absolute atomic E-state index is 0.0249. The van der Waals surface area contributed by atoms with Crippen LogP contribution >= 0.6 is 0 Å². The first-order chi connectivity index (χ1) is 6.74. The molecule has 2 bridgehead atoms. The summed E-state index contributed by atoms with van der Waals surface area (Å²) in [5.74, 6) is 0.624. The minimum atomic E-state index is -0.0278. The van der Waals surface area contributed by atoms with E-state index in [4.69, 9.17) is 0 Å². The van der Waals surface area contributed by atoms with Crippen LogP contribution in [0.25, 0.3) is 0 Å². The Labute approximate surface area is 81.5 Å². The molecule has 3 aliphatic carbocycles. The summed E-state index contributed by atoms with van der Waals surface area (Å²) in [4.78, 5) is 23.2. The van der Waals surface area contributed by atoms with Gasteiger partial charge in [-0.1, -0.05) is 12.2 Å². The Hall–Kier alpha value is -1.12. The van der Waals surface area contributed by atoms with Crippen molar-refractivity contribution in [3.05, 3.63) is 12.2 Å². The van der Waals surface area contributed by atoms with Gasteiger partial charge in [-0.25, -0.2) is 0 Å². The van der Waals surface area contributed by atoms with Gasteiger partial charge in [-0.2, -0.15) is 0 Å². The molecule has 3 nitrogen and oxygen atoms in total. The molecule has 1 aliphatic heterocycles. The van der Waals surface area contributed by atoms with Gasteiger partial charge in [0.1, 0.15) is 0 Å². The van der Waals surface area contributed by atoms with E-state index in [1.165, 1.54) is 12.8 Å². The van der Waals surface area contributed by atoms with Crippen LogP contribution in [0.15, 0.2) is 12.2 Å². The van der Waals surface area contributed by atoms with Gasteiger partial charge in [0.15, 0.2) is 0 Å². The fraction of sp³-hybridized carbons (Fsp3) is 0.636. The van der Waals surface area contributed by atoms with Crippen molar-refractivity contribution in [3.63, 3.8) is 0 Å². The van der Waals surface area contributed by atoms with Gasteiger partial charge in [-0.05, 0) is 30.1 Å². The van der Waals surface area contributed by atoms with Crippen molar-refractivity contribution in [1.29, 1.82) is 0 Å². The molecular weight excluding hydrogens is 178 g/mol. The smallest absolute Gasteiger partial charge is 0.231 e. The van der Waals surface area contributed by atoms with Gasteiger partial charge in [-0.3, -0.25) is 14.9 Å². The number of carbonyl (C=O) groups is 2. The minimum Gasteiger partial charge on any atom is -0.296 e. The van der Waals surface area contributed by atoms with Crippen LogP contribution in [0.4, 0.5) is 0 Å². The maximum Gasteiger partial charge on any atom is 0.231 e. The average Bonchev–Trinajstić information content (AvgIpc) is 2.72. The summed E-state index contributed by atoms with van der Waals surface area (Å²) in [5.41, 5.74) is 0.336. The predicted molar refractivity (Wildman–Crippen MR) is 47.9 cm³/mol. The Kier molecular flexibility index (Phi) is 0.932. The zero-order valence-corrected chi connectivity index (χ0v) is 7.69. The summed E-state index contributed by atoms with van der Waals surface area (Å²) >= 11 is 0. The molecule has 0 radical (unpaired) electrons. The van der Waals surface area contributed by atoms with Gasteiger partial charge in [0.25, 0.3) is 0 Å². The Balaban J connectivity index is 1.89. The van der Waals surface area contributed by atoms with Crippen LogP contribution in [0, 0.1) is 29.1 Å². The number of amides is 2. The molecule has 1 N–H and O–H groups in total. The van der Waals surface area contributed by atoms with E-state index < -0.39 is 0 Å². The highest BCUT2D eigenvalue weighted by atomic mass is 16.2. The van der Waals surface area contributed by atoms with Gasteiger partial charge in [-0.15, -0.1) is 0 Å². The highest BCUT2D eigenvalue weighted by molar-refractivity contribution is 6.06. The molecule has 0 aromatic carbocycles. The Morgan fingerprint density at radius 2 is 1.57 bits per heavy atom.